The first kappa shape index (κ1) is 15.7. The number of carbonyl (C=O) groups is 1. The van der Waals surface area contributed by atoms with Crippen molar-refractivity contribution in [3.05, 3.63) is 65.9 Å². The van der Waals surface area contributed by atoms with Crippen LogP contribution in [0.15, 0.2) is 48.9 Å². The zero-order valence-corrected chi connectivity index (χ0v) is 14.8. The summed E-state index contributed by atoms with van der Waals surface area (Å²) < 4.78 is 0. The summed E-state index contributed by atoms with van der Waals surface area (Å²) in [6, 6.07) is 9.86. The number of nitrogens with one attached hydrogen (secondary N) is 2. The molecule has 5 rings (SSSR count). The Hall–Kier alpha value is -3.48. The normalized spacial score (nSPS) is 16.5. The predicted molar refractivity (Wildman–Crippen MR) is 101 cm³/mol. The lowest BCUT2D eigenvalue weighted by Crippen LogP contribution is -2.45. The average molecular weight is 358 g/mol. The van der Waals surface area contributed by atoms with Gasteiger partial charge in [-0.25, -0.2) is 4.98 Å². The van der Waals surface area contributed by atoms with Gasteiger partial charge in [-0.2, -0.15) is 5.10 Å². The minimum atomic E-state index is 0.00195. The smallest absolute Gasteiger partial charge is 0.270 e. The van der Waals surface area contributed by atoms with Crippen molar-refractivity contribution in [2.75, 3.05) is 6.54 Å². The number of aromatic nitrogens is 5. The van der Waals surface area contributed by atoms with Crippen molar-refractivity contribution >= 4 is 16.9 Å². The van der Waals surface area contributed by atoms with Gasteiger partial charge in [-0.15, -0.1) is 0 Å². The zero-order valence-electron chi connectivity index (χ0n) is 14.8. The third-order valence-corrected chi connectivity index (χ3v) is 5.19. The van der Waals surface area contributed by atoms with Crippen LogP contribution in [-0.2, 0) is 0 Å². The fourth-order valence-corrected chi connectivity index (χ4v) is 3.60. The maximum atomic E-state index is 13.0. The first-order chi connectivity index (χ1) is 13.2. The molecule has 4 aromatic heterocycles. The summed E-state index contributed by atoms with van der Waals surface area (Å²) in [5, 5.41) is 7.89. The van der Waals surface area contributed by atoms with Gasteiger partial charge in [0.15, 0.2) is 0 Å². The fraction of sp³-hybridized carbons (Fsp3) is 0.200. The van der Waals surface area contributed by atoms with Crippen LogP contribution in [0.3, 0.4) is 0 Å². The Labute approximate surface area is 155 Å². The molecule has 0 saturated carbocycles. The lowest BCUT2D eigenvalue weighted by molar-refractivity contribution is 0.0455. The molecule has 1 aliphatic heterocycles. The van der Waals surface area contributed by atoms with Crippen LogP contribution in [0.2, 0.25) is 0 Å². The van der Waals surface area contributed by atoms with E-state index in [1.54, 1.807) is 18.6 Å². The van der Waals surface area contributed by atoms with Crippen LogP contribution in [0, 0.1) is 6.92 Å². The number of rotatable bonds is 3. The van der Waals surface area contributed by atoms with Gasteiger partial charge in [-0.3, -0.25) is 14.9 Å². The van der Waals surface area contributed by atoms with Crippen LogP contribution >= 0.6 is 0 Å². The monoisotopic (exact) mass is 358 g/mol. The first-order valence-electron chi connectivity index (χ1n) is 8.92. The van der Waals surface area contributed by atoms with E-state index in [-0.39, 0.29) is 11.9 Å². The molecule has 2 N–H and O–H groups in total. The molecule has 0 bridgehead atoms. The minimum absolute atomic E-state index is 0.00195. The lowest BCUT2D eigenvalue weighted by atomic mass is 9.95. The number of hydrogen-bond donors (Lipinski definition) is 2. The van der Waals surface area contributed by atoms with Crippen molar-refractivity contribution < 1.29 is 4.79 Å². The van der Waals surface area contributed by atoms with Crippen LogP contribution < -0.4 is 0 Å². The molecule has 27 heavy (non-hydrogen) atoms. The topological polar surface area (TPSA) is 90.6 Å². The number of H-pyrrole nitrogens is 2. The second-order valence-electron chi connectivity index (χ2n) is 6.81. The van der Waals surface area contributed by atoms with E-state index in [4.69, 9.17) is 0 Å². The summed E-state index contributed by atoms with van der Waals surface area (Å²) in [4.78, 5) is 26.8. The molecular formula is C20H18N6O. The number of fused-ring (bicyclic) bond motifs is 1. The highest BCUT2D eigenvalue weighted by Gasteiger charge is 2.34. The molecule has 0 radical (unpaired) electrons. The van der Waals surface area contributed by atoms with Crippen LogP contribution in [0.5, 0.6) is 0 Å². The molecule has 7 heteroatoms. The second-order valence-corrected chi connectivity index (χ2v) is 6.81. The van der Waals surface area contributed by atoms with Crippen molar-refractivity contribution in [3.8, 4) is 11.3 Å². The Bertz CT molecular complexity index is 1130. The van der Waals surface area contributed by atoms with Gasteiger partial charge in [0.25, 0.3) is 5.91 Å². The van der Waals surface area contributed by atoms with Crippen LogP contribution in [0.25, 0.3) is 22.3 Å². The molecule has 0 aromatic carbocycles. The number of carbonyl (C=O) groups excluding carboxylic acids is 1. The third kappa shape index (κ3) is 2.59. The highest BCUT2D eigenvalue weighted by molar-refractivity contribution is 5.98. The number of likely N-dealkylation sites (tertiary alicyclic amines) is 1. The molecule has 1 saturated heterocycles. The SMILES string of the molecule is Cc1[nH]ncc1-c1ccc2cc(C(=O)N3CC[C@@H]3c3ccncc3)[nH]c2n1. The van der Waals surface area contributed by atoms with E-state index in [2.05, 4.69) is 25.1 Å². The molecule has 1 aliphatic rings. The van der Waals surface area contributed by atoms with Crippen molar-refractivity contribution in [2.45, 2.75) is 19.4 Å². The summed E-state index contributed by atoms with van der Waals surface area (Å²) in [6.45, 7) is 2.72. The van der Waals surface area contributed by atoms with Gasteiger partial charge in [0.05, 0.1) is 17.9 Å². The van der Waals surface area contributed by atoms with E-state index in [1.807, 2.05) is 42.2 Å². The summed E-state index contributed by atoms with van der Waals surface area (Å²) >= 11 is 0. The average Bonchev–Trinajstić information content (AvgIpc) is 3.27. The summed E-state index contributed by atoms with van der Waals surface area (Å²) in [6.07, 6.45) is 6.27. The highest BCUT2D eigenvalue weighted by atomic mass is 16.2. The van der Waals surface area contributed by atoms with Crippen LogP contribution in [0.1, 0.15) is 34.2 Å². The first-order valence-corrected chi connectivity index (χ1v) is 8.92. The van der Waals surface area contributed by atoms with E-state index in [0.717, 1.165) is 40.9 Å². The Morgan fingerprint density at radius 3 is 2.78 bits per heavy atom. The molecule has 0 unspecified atom stereocenters. The minimum Gasteiger partial charge on any atom is -0.335 e. The van der Waals surface area contributed by atoms with Gasteiger partial charge in [0, 0.05) is 35.6 Å². The number of nitrogens with zero attached hydrogens (tertiary/aromatic N) is 4. The fourth-order valence-electron chi connectivity index (χ4n) is 3.60. The second kappa shape index (κ2) is 6.05. The Morgan fingerprint density at radius 1 is 1.22 bits per heavy atom. The largest absolute Gasteiger partial charge is 0.335 e. The molecule has 0 spiro atoms. The van der Waals surface area contributed by atoms with Gasteiger partial charge in [0.2, 0.25) is 0 Å². The van der Waals surface area contributed by atoms with Gasteiger partial charge in [-0.05, 0) is 49.2 Å². The Balaban J connectivity index is 1.45. The number of hydrogen-bond acceptors (Lipinski definition) is 4. The van der Waals surface area contributed by atoms with E-state index in [0.29, 0.717) is 11.3 Å². The van der Waals surface area contributed by atoms with Crippen molar-refractivity contribution in [1.82, 2.24) is 30.0 Å². The summed E-state index contributed by atoms with van der Waals surface area (Å²) in [7, 11) is 0. The Kier molecular flexibility index (Phi) is 3.53. The van der Waals surface area contributed by atoms with Crippen molar-refractivity contribution in [1.29, 1.82) is 0 Å². The third-order valence-electron chi connectivity index (χ3n) is 5.19. The van der Waals surface area contributed by atoms with E-state index < -0.39 is 0 Å². The molecule has 1 atom stereocenters. The van der Waals surface area contributed by atoms with E-state index >= 15 is 0 Å². The van der Waals surface area contributed by atoms with Crippen molar-refractivity contribution in [2.24, 2.45) is 0 Å². The van der Waals surface area contributed by atoms with E-state index in [1.165, 1.54) is 0 Å². The molecule has 0 aliphatic carbocycles. The van der Waals surface area contributed by atoms with Crippen LogP contribution in [-0.4, -0.2) is 42.5 Å². The maximum absolute atomic E-state index is 13.0. The molecule has 4 aromatic rings. The summed E-state index contributed by atoms with van der Waals surface area (Å²) in [5.74, 6) is 0.00195. The van der Waals surface area contributed by atoms with Gasteiger partial charge < -0.3 is 9.88 Å². The number of amides is 1. The van der Waals surface area contributed by atoms with Gasteiger partial charge in [-0.1, -0.05) is 0 Å². The molecule has 134 valence electrons. The van der Waals surface area contributed by atoms with Crippen molar-refractivity contribution in [3.63, 3.8) is 0 Å². The summed E-state index contributed by atoms with van der Waals surface area (Å²) in [5.41, 5.74) is 5.14. The standard InChI is InChI=1S/C20H18N6O/c1-12-15(11-22-25-12)16-3-2-14-10-17(24-19(14)23-16)20(27)26-9-6-18(26)13-4-7-21-8-5-13/h2-5,7-8,10-11,18H,6,9H2,1H3,(H,22,25)(H,23,24)/t18-/m1/s1. The molecular weight excluding hydrogens is 340 g/mol. The maximum Gasteiger partial charge on any atom is 0.270 e. The molecule has 7 nitrogen and oxygen atoms in total. The number of aryl methyl sites for hydroxylation is 1. The highest BCUT2D eigenvalue weighted by Crippen LogP contribution is 2.34. The number of pyridine rings is 2. The lowest BCUT2D eigenvalue weighted by Gasteiger charge is -2.41. The Morgan fingerprint density at radius 2 is 2.07 bits per heavy atom. The molecule has 1 fully saturated rings. The molecule has 1 amide bonds. The predicted octanol–water partition coefficient (Wildman–Crippen LogP) is 3.24. The number of aromatic amines is 2. The van der Waals surface area contributed by atoms with Gasteiger partial charge in [0.1, 0.15) is 11.3 Å². The van der Waals surface area contributed by atoms with E-state index in [9.17, 15) is 4.79 Å². The zero-order chi connectivity index (χ0) is 18.4. The quantitative estimate of drug-likeness (QED) is 0.588. The molecule has 5 heterocycles. The van der Waals surface area contributed by atoms with Crippen LogP contribution in [0.4, 0.5) is 0 Å². The van der Waals surface area contributed by atoms with Gasteiger partial charge >= 0.3 is 0 Å².